The Balaban J connectivity index is 2.64. The van der Waals surface area contributed by atoms with Gasteiger partial charge in [-0.1, -0.05) is 53.6 Å². The Kier molecular flexibility index (Phi) is 10.1. The molecular weight excluding hydrogens is 520 g/mol. The first-order valence-electron chi connectivity index (χ1n) is 12.6. The van der Waals surface area contributed by atoms with Crippen LogP contribution in [0, 0.1) is 13.8 Å². The van der Waals surface area contributed by atoms with Crippen molar-refractivity contribution in [3.05, 3.63) is 64.2 Å². The zero-order valence-electron chi connectivity index (χ0n) is 23.8. The standard InChI is InChI=1S/C29H39ClN4O5/c1-17-11-9-13-19(15-17)24(25(36)33-23-18(2)12-10-14-20(23)30)34(28(3,4)5)26(37)21(16-22(31)35)32-27(38)39-29(6,7)8/h9-15,21,24H,16H2,1-8H3,(H2,31,35)(H,32,38)(H,33,36). The number of hydrogen-bond acceptors (Lipinski definition) is 5. The van der Waals surface area contributed by atoms with Crippen molar-refractivity contribution in [1.29, 1.82) is 0 Å². The molecule has 2 rings (SSSR count). The molecule has 0 aliphatic carbocycles. The van der Waals surface area contributed by atoms with Crippen molar-refractivity contribution in [2.75, 3.05) is 5.32 Å². The van der Waals surface area contributed by atoms with Crippen molar-refractivity contribution in [2.24, 2.45) is 5.73 Å². The minimum atomic E-state index is -1.38. The highest BCUT2D eigenvalue weighted by atomic mass is 35.5. The number of hydrogen-bond donors (Lipinski definition) is 3. The first kappa shape index (κ1) is 31.6. The van der Waals surface area contributed by atoms with Gasteiger partial charge < -0.3 is 26.0 Å². The lowest BCUT2D eigenvalue weighted by atomic mass is 9.94. The number of ether oxygens (including phenoxy) is 1. The van der Waals surface area contributed by atoms with Gasteiger partial charge in [0.1, 0.15) is 17.7 Å². The summed E-state index contributed by atoms with van der Waals surface area (Å²) in [5.74, 6) is -2.00. The minimum absolute atomic E-state index is 0.346. The minimum Gasteiger partial charge on any atom is -0.444 e. The number of carbonyl (C=O) groups excluding carboxylic acids is 4. The topological polar surface area (TPSA) is 131 Å². The van der Waals surface area contributed by atoms with Crippen molar-refractivity contribution in [2.45, 2.75) is 85.0 Å². The number of rotatable bonds is 8. The van der Waals surface area contributed by atoms with Gasteiger partial charge in [0.25, 0.3) is 5.91 Å². The average Bonchev–Trinajstić information content (AvgIpc) is 2.76. The van der Waals surface area contributed by atoms with E-state index in [2.05, 4.69) is 10.6 Å². The lowest BCUT2D eigenvalue weighted by molar-refractivity contribution is -0.147. The summed E-state index contributed by atoms with van der Waals surface area (Å²) in [6, 6.07) is 9.93. The molecule has 0 saturated heterocycles. The SMILES string of the molecule is Cc1cccc(C(C(=O)Nc2c(C)cccc2Cl)N(C(=O)C(CC(N)=O)NC(=O)OC(C)(C)C)C(C)(C)C)c1. The summed E-state index contributed by atoms with van der Waals surface area (Å²) in [5, 5.41) is 5.71. The van der Waals surface area contributed by atoms with Crippen molar-refractivity contribution in [3.8, 4) is 0 Å². The summed E-state index contributed by atoms with van der Waals surface area (Å²) in [5.41, 5.74) is 6.24. The summed E-state index contributed by atoms with van der Waals surface area (Å²) >= 11 is 6.39. The number of primary amides is 1. The van der Waals surface area contributed by atoms with Crippen molar-refractivity contribution >= 4 is 41.1 Å². The fraction of sp³-hybridized carbons (Fsp3) is 0.448. The number of carbonyl (C=O) groups is 4. The molecule has 0 fully saturated rings. The highest BCUT2D eigenvalue weighted by Crippen LogP contribution is 2.33. The Labute approximate surface area is 235 Å². The number of alkyl carbamates (subject to hydrolysis) is 1. The van der Waals surface area contributed by atoms with Gasteiger partial charge in [-0.3, -0.25) is 14.4 Å². The quantitative estimate of drug-likeness (QED) is 0.418. The Bertz CT molecular complexity index is 1210. The zero-order valence-corrected chi connectivity index (χ0v) is 24.6. The maximum Gasteiger partial charge on any atom is 0.408 e. The third kappa shape index (κ3) is 8.99. The van der Waals surface area contributed by atoms with Crippen LogP contribution in [0.2, 0.25) is 5.02 Å². The summed E-state index contributed by atoms with van der Waals surface area (Å²) < 4.78 is 5.31. The molecule has 2 unspecified atom stereocenters. The van der Waals surface area contributed by atoms with Crippen LogP contribution < -0.4 is 16.4 Å². The van der Waals surface area contributed by atoms with E-state index in [0.717, 1.165) is 11.1 Å². The monoisotopic (exact) mass is 558 g/mol. The Morgan fingerprint density at radius 3 is 2.13 bits per heavy atom. The van der Waals surface area contributed by atoms with E-state index in [1.54, 1.807) is 71.9 Å². The third-order valence-electron chi connectivity index (χ3n) is 5.69. The van der Waals surface area contributed by atoms with E-state index in [9.17, 15) is 19.2 Å². The van der Waals surface area contributed by atoms with Crippen LogP contribution in [0.1, 0.15) is 70.7 Å². The highest BCUT2D eigenvalue weighted by molar-refractivity contribution is 6.34. The van der Waals surface area contributed by atoms with Gasteiger partial charge >= 0.3 is 6.09 Å². The predicted molar refractivity (Wildman–Crippen MR) is 152 cm³/mol. The van der Waals surface area contributed by atoms with E-state index < -0.39 is 53.5 Å². The molecule has 0 aliphatic heterocycles. The number of halogens is 1. The molecule has 0 spiro atoms. The van der Waals surface area contributed by atoms with E-state index in [1.165, 1.54) is 4.90 Å². The molecule has 39 heavy (non-hydrogen) atoms. The first-order chi connectivity index (χ1) is 17.9. The van der Waals surface area contributed by atoms with E-state index in [1.807, 2.05) is 26.0 Å². The third-order valence-corrected chi connectivity index (χ3v) is 6.00. The van der Waals surface area contributed by atoms with E-state index >= 15 is 0 Å². The van der Waals surface area contributed by atoms with Gasteiger partial charge in [0.2, 0.25) is 11.8 Å². The van der Waals surface area contributed by atoms with Crippen LogP contribution in [0.3, 0.4) is 0 Å². The summed E-state index contributed by atoms with van der Waals surface area (Å²) in [6.45, 7) is 14.0. The summed E-state index contributed by atoms with van der Waals surface area (Å²) in [7, 11) is 0. The number of anilines is 1. The maximum atomic E-state index is 14.2. The van der Waals surface area contributed by atoms with Crippen LogP contribution in [-0.2, 0) is 19.1 Å². The van der Waals surface area contributed by atoms with Gasteiger partial charge in [-0.25, -0.2) is 4.79 Å². The van der Waals surface area contributed by atoms with Crippen LogP contribution >= 0.6 is 11.6 Å². The maximum absolute atomic E-state index is 14.2. The Morgan fingerprint density at radius 1 is 1.00 bits per heavy atom. The fourth-order valence-electron chi connectivity index (χ4n) is 4.10. The normalized spacial score (nSPS) is 13.2. The molecule has 2 aromatic carbocycles. The van der Waals surface area contributed by atoms with Crippen molar-refractivity contribution in [1.82, 2.24) is 10.2 Å². The van der Waals surface area contributed by atoms with Crippen LogP contribution in [0.15, 0.2) is 42.5 Å². The smallest absolute Gasteiger partial charge is 0.408 e. The summed E-state index contributed by atoms with van der Waals surface area (Å²) in [4.78, 5) is 54.1. The molecule has 0 radical (unpaired) electrons. The Morgan fingerprint density at radius 2 is 1.62 bits per heavy atom. The molecule has 4 amide bonds. The van der Waals surface area contributed by atoms with Gasteiger partial charge in [-0.15, -0.1) is 0 Å². The van der Waals surface area contributed by atoms with Gasteiger partial charge in [0, 0.05) is 5.54 Å². The summed E-state index contributed by atoms with van der Waals surface area (Å²) in [6.07, 6.45) is -1.38. The largest absolute Gasteiger partial charge is 0.444 e. The predicted octanol–water partition coefficient (Wildman–Crippen LogP) is 5.03. The number of para-hydroxylation sites is 1. The number of nitrogens with two attached hydrogens (primary N) is 1. The molecular formula is C29H39ClN4O5. The second-order valence-corrected chi connectivity index (χ2v) is 11.9. The number of benzene rings is 2. The second kappa shape index (κ2) is 12.5. The zero-order chi connectivity index (χ0) is 29.7. The van der Waals surface area contributed by atoms with E-state index in [4.69, 9.17) is 22.1 Å². The van der Waals surface area contributed by atoms with E-state index in [-0.39, 0.29) is 0 Å². The van der Waals surface area contributed by atoms with Gasteiger partial charge in [0.05, 0.1) is 17.1 Å². The number of aryl methyl sites for hydroxylation is 2. The fourth-order valence-corrected chi connectivity index (χ4v) is 4.37. The molecule has 2 aromatic rings. The second-order valence-electron chi connectivity index (χ2n) is 11.5. The molecule has 2 atom stereocenters. The van der Waals surface area contributed by atoms with Crippen molar-refractivity contribution in [3.63, 3.8) is 0 Å². The van der Waals surface area contributed by atoms with E-state index in [0.29, 0.717) is 16.3 Å². The van der Waals surface area contributed by atoms with Gasteiger partial charge in [-0.2, -0.15) is 0 Å². The molecule has 0 bridgehead atoms. The number of nitrogens with zero attached hydrogens (tertiary/aromatic N) is 1. The van der Waals surface area contributed by atoms with Gasteiger partial charge in [0.15, 0.2) is 0 Å². The molecule has 0 heterocycles. The van der Waals surface area contributed by atoms with Crippen LogP contribution in [0.4, 0.5) is 10.5 Å². The van der Waals surface area contributed by atoms with Gasteiger partial charge in [-0.05, 0) is 72.6 Å². The molecule has 9 nitrogen and oxygen atoms in total. The first-order valence-corrected chi connectivity index (χ1v) is 13.0. The molecule has 212 valence electrons. The Hall–Kier alpha value is -3.59. The average molecular weight is 559 g/mol. The van der Waals surface area contributed by atoms with Crippen LogP contribution in [0.25, 0.3) is 0 Å². The molecule has 0 saturated carbocycles. The molecule has 10 heteroatoms. The number of amides is 4. The molecule has 4 N–H and O–H groups in total. The van der Waals surface area contributed by atoms with Crippen LogP contribution in [-0.4, -0.2) is 45.9 Å². The molecule has 0 aliphatic rings. The lowest BCUT2D eigenvalue weighted by Crippen LogP contribution is -2.58. The number of nitrogens with one attached hydrogen (secondary N) is 2. The lowest BCUT2D eigenvalue weighted by Gasteiger charge is -2.43. The van der Waals surface area contributed by atoms with Crippen molar-refractivity contribution < 1.29 is 23.9 Å². The highest BCUT2D eigenvalue weighted by Gasteiger charge is 2.42. The molecule has 0 aromatic heterocycles. The van der Waals surface area contributed by atoms with Crippen LogP contribution in [0.5, 0.6) is 0 Å².